The van der Waals surface area contributed by atoms with Crippen molar-refractivity contribution in [1.29, 1.82) is 0 Å². The number of fused-ring (bicyclic) bond motifs is 8. The van der Waals surface area contributed by atoms with Crippen LogP contribution in [0.15, 0.2) is 76.4 Å². The second kappa shape index (κ2) is 17.0. The fourth-order valence-corrected chi connectivity index (χ4v) is 29.2. The highest BCUT2D eigenvalue weighted by Crippen LogP contribution is 2.89. The lowest BCUT2D eigenvalue weighted by Crippen LogP contribution is -2.78. The highest BCUT2D eigenvalue weighted by Gasteiger charge is 2.94. The van der Waals surface area contributed by atoms with Crippen LogP contribution in [0.3, 0.4) is 0 Å². The lowest BCUT2D eigenvalue weighted by atomic mass is 9.27. The van der Waals surface area contributed by atoms with Crippen LogP contribution in [-0.4, -0.2) is 64.6 Å². The fraction of sp³-hybridized carbons (Fsp3) is 0.733. The molecule has 11 bridgehead atoms. The molecule has 0 aromatic heterocycles. The molecule has 7 heterocycles. The largest absolute Gasteiger partial charge is 0.509 e. The average Bonchev–Trinajstić information content (AvgIpc) is 1.55. The van der Waals surface area contributed by atoms with E-state index in [0.29, 0.717) is 119 Å². The van der Waals surface area contributed by atoms with Crippen LogP contribution in [0.2, 0.25) is 0 Å². The van der Waals surface area contributed by atoms with E-state index in [1.54, 1.807) is 16.8 Å². The van der Waals surface area contributed by atoms with E-state index in [-0.39, 0.29) is 53.0 Å². The zero-order valence-electron chi connectivity index (χ0n) is 49.5. The Kier molecular flexibility index (Phi) is 10.2. The first-order chi connectivity index (χ1) is 40.7. The predicted octanol–water partition coefficient (Wildman–Crippen LogP) is 14.0. The van der Waals surface area contributed by atoms with Gasteiger partial charge in [0.25, 0.3) is 0 Å². The van der Waals surface area contributed by atoms with Crippen molar-refractivity contribution in [3.63, 3.8) is 0 Å². The SMILES string of the molecule is NCCCc1cccc2c1C(=O)O[C@@]21[C@H]2C[C@H](C3CCCCC3)/C=C\[C@@H]3C4=C5CC[C@]16/C(=C(\O)C[C@@H]1[C@@H]7CC8(CCCC8)[C@@]8(CCC[C@]89CCC[C@@H]9C#CC[C@H]8[C@@H]9CN%10C%11=C(C[C@@H]%12CC=C[C@@H]3[C@H]%12[C@H]5%11)C[C@H]3CC[C@@H]9[C@@H](CN18)[C@H]3%10)C7)OC(=O)[C@]426. The van der Waals surface area contributed by atoms with Crippen LogP contribution in [0.25, 0.3) is 0 Å². The van der Waals surface area contributed by atoms with Crippen molar-refractivity contribution in [3.05, 3.63) is 93.1 Å². The Bertz CT molecular complexity index is 3300. The van der Waals surface area contributed by atoms with Crippen LogP contribution >= 0.6 is 0 Å². The normalized spacial score (nSPS) is 51.2. The minimum absolute atomic E-state index is 0.0376. The van der Waals surface area contributed by atoms with Gasteiger partial charge in [0.05, 0.1) is 11.0 Å². The number of hydrogen-bond donors (Lipinski definition) is 2. The van der Waals surface area contributed by atoms with E-state index < -0.39 is 16.4 Å². The zero-order chi connectivity index (χ0) is 54.7. The summed E-state index contributed by atoms with van der Waals surface area (Å²) in [6.07, 6.45) is 44.2. The van der Waals surface area contributed by atoms with E-state index in [1.165, 1.54) is 140 Å². The van der Waals surface area contributed by atoms with Gasteiger partial charge in [0.2, 0.25) is 0 Å². The number of aliphatic hydroxyl groups is 1. The summed E-state index contributed by atoms with van der Waals surface area (Å²) in [5.74, 6) is 14.4. The number of piperidine rings is 2. The van der Waals surface area contributed by atoms with Crippen molar-refractivity contribution in [3.8, 4) is 11.8 Å². The summed E-state index contributed by atoms with van der Waals surface area (Å²) >= 11 is 0. The van der Waals surface area contributed by atoms with Crippen molar-refractivity contribution in [2.24, 2.45) is 116 Å². The number of nitrogens with zero attached hydrogens (tertiary/aromatic N) is 2. The molecule has 8 nitrogen and oxygen atoms in total. The maximum absolute atomic E-state index is 17.1. The Balaban J connectivity index is 0.877. The van der Waals surface area contributed by atoms with Gasteiger partial charge in [-0.2, -0.15) is 0 Å². The average molecular weight is 1110 g/mol. The highest BCUT2D eigenvalue weighted by molar-refractivity contribution is 6.00. The molecular formula is C75H91N3O5. The topological polar surface area (TPSA) is 105 Å². The monoisotopic (exact) mass is 1110 g/mol. The number of carbonyl (C=O) groups is 2. The highest BCUT2D eigenvalue weighted by atomic mass is 16.6. The molecule has 7 saturated carbocycles. The number of allylic oxidation sites excluding steroid dienone is 6. The number of aryl methyl sites for hydroxylation is 1. The first kappa shape index (κ1) is 50.0. The number of aliphatic hydroxyl groups excluding tert-OH is 1. The molecule has 0 radical (unpaired) electrons. The summed E-state index contributed by atoms with van der Waals surface area (Å²) in [4.78, 5) is 39.1. The number of benzene rings is 1. The minimum Gasteiger partial charge on any atom is -0.509 e. The molecule has 21 atom stereocenters. The van der Waals surface area contributed by atoms with Crippen LogP contribution < -0.4 is 5.73 Å². The van der Waals surface area contributed by atoms with Gasteiger partial charge in [-0.25, -0.2) is 4.79 Å². The van der Waals surface area contributed by atoms with Crippen molar-refractivity contribution < 1.29 is 24.2 Å². The molecule has 0 unspecified atom stereocenters. The Morgan fingerprint density at radius 3 is 2.57 bits per heavy atom. The Morgan fingerprint density at radius 2 is 1.67 bits per heavy atom. The van der Waals surface area contributed by atoms with Crippen molar-refractivity contribution in [1.82, 2.24) is 9.80 Å². The maximum Gasteiger partial charge on any atom is 0.339 e. The molecule has 0 amide bonds. The molecule has 12 aliphatic carbocycles. The van der Waals surface area contributed by atoms with Gasteiger partial charge in [-0.15, -0.1) is 5.92 Å². The third kappa shape index (κ3) is 5.61. The first-order valence-electron chi connectivity index (χ1n) is 35.2. The summed E-state index contributed by atoms with van der Waals surface area (Å²) in [7, 11) is 0. The zero-order valence-corrected chi connectivity index (χ0v) is 49.5. The molecule has 83 heavy (non-hydrogen) atoms. The van der Waals surface area contributed by atoms with Gasteiger partial charge in [0, 0.05) is 79.0 Å². The second-order valence-electron chi connectivity index (χ2n) is 32.6. The molecule has 436 valence electrons. The lowest BCUT2D eigenvalue weighted by Gasteiger charge is -2.74. The number of hydrogen-bond acceptors (Lipinski definition) is 8. The molecule has 3 saturated heterocycles. The van der Waals surface area contributed by atoms with Crippen LogP contribution in [0.5, 0.6) is 0 Å². The van der Waals surface area contributed by atoms with E-state index in [4.69, 9.17) is 15.2 Å². The third-order valence-corrected chi connectivity index (χ3v) is 31.1. The summed E-state index contributed by atoms with van der Waals surface area (Å²) < 4.78 is 15.2. The van der Waals surface area contributed by atoms with Crippen molar-refractivity contribution in [2.75, 3.05) is 19.6 Å². The quantitative estimate of drug-likeness (QED) is 0.175. The molecular weight excluding hydrogens is 1020 g/mol. The molecule has 1 aromatic carbocycles. The number of nitrogens with two attached hydrogens (primary N) is 1. The summed E-state index contributed by atoms with van der Waals surface area (Å²) in [6, 6.07) is 7.50. The summed E-state index contributed by atoms with van der Waals surface area (Å²) in [5, 5.41) is 14.5. The van der Waals surface area contributed by atoms with E-state index in [2.05, 4.69) is 64.1 Å². The molecule has 1 aromatic rings. The van der Waals surface area contributed by atoms with Gasteiger partial charge in [-0.05, 0) is 227 Å². The summed E-state index contributed by atoms with van der Waals surface area (Å²) in [6.45, 7) is 2.78. The van der Waals surface area contributed by atoms with Gasteiger partial charge in [0.15, 0.2) is 11.4 Å². The van der Waals surface area contributed by atoms with E-state index >= 15 is 9.59 Å². The maximum atomic E-state index is 17.1. The molecule has 20 rings (SSSR count). The van der Waals surface area contributed by atoms with Gasteiger partial charge >= 0.3 is 11.9 Å². The second-order valence-corrected chi connectivity index (χ2v) is 32.6. The van der Waals surface area contributed by atoms with Gasteiger partial charge in [-0.1, -0.05) is 98.9 Å². The van der Waals surface area contributed by atoms with Gasteiger partial charge in [0.1, 0.15) is 11.2 Å². The number of rotatable bonds is 4. The first-order valence-corrected chi connectivity index (χ1v) is 35.2. The molecule has 7 aliphatic heterocycles. The number of esters is 2. The smallest absolute Gasteiger partial charge is 0.339 e. The van der Waals surface area contributed by atoms with Gasteiger partial charge in [-0.3, -0.25) is 9.69 Å². The third-order valence-electron chi connectivity index (χ3n) is 31.1. The fourth-order valence-electron chi connectivity index (χ4n) is 29.2. The van der Waals surface area contributed by atoms with E-state index in [0.717, 1.165) is 56.3 Å². The number of ether oxygens (including phenoxy) is 2. The molecule has 10 fully saturated rings. The van der Waals surface area contributed by atoms with Crippen LogP contribution in [-0.2, 0) is 26.3 Å². The van der Waals surface area contributed by atoms with Crippen molar-refractivity contribution in [2.45, 2.75) is 210 Å². The molecule has 19 aliphatic rings. The van der Waals surface area contributed by atoms with E-state index in [1.807, 2.05) is 0 Å². The minimum atomic E-state index is -1.18. The molecule has 8 heteroatoms. The Labute approximate surface area is 493 Å². The van der Waals surface area contributed by atoms with Crippen LogP contribution in [0, 0.1) is 122 Å². The van der Waals surface area contributed by atoms with Crippen LogP contribution in [0.1, 0.15) is 201 Å². The van der Waals surface area contributed by atoms with Crippen molar-refractivity contribution >= 4 is 11.9 Å². The molecule has 6 spiro atoms. The van der Waals surface area contributed by atoms with Gasteiger partial charge < -0.3 is 25.2 Å². The van der Waals surface area contributed by atoms with E-state index in [9.17, 15) is 5.11 Å². The summed E-state index contributed by atoms with van der Waals surface area (Å²) in [5.41, 5.74) is 12.9. The van der Waals surface area contributed by atoms with Crippen LogP contribution in [0.4, 0.5) is 0 Å². The lowest BCUT2D eigenvalue weighted by molar-refractivity contribution is -0.283. The Morgan fingerprint density at radius 1 is 0.795 bits per heavy atom. The predicted molar refractivity (Wildman–Crippen MR) is 317 cm³/mol. The number of carbonyl (C=O) groups excluding carboxylic acids is 2. The Hall–Kier alpha value is -4.06. The standard InChI is InChI=1S/C75H91N3O5/c76-33-10-16-43-14-7-20-56-62(43)68(80)83-75(56)60-36-44(42-12-2-1-3-13-42)22-25-52-51-19-6-15-45-34-47-35-46-23-24-50-54-40-78-65(46)55(50)41-77-57(54)21-8-17-49-18-9-29-71(49)30-11-31-72(71)39-48(38-70(72)27-4-5-28-70)58(77)37-59(79)67-73(75)32-26-53(63(61(45)51)66(47)78)64(52)74(60,73)69(81)82-67/h6-7,14,19-20,22,25,42,44-46,48-52,54-55,57-58,60-61,63,65,79H,1-5,9-13,15-16,18,21,23-24,26-41,76H2/b25-22-,67-59+/t44-,45+,46-,48-,49+,50+,51+,52+,54-,55-,57+,58-,60+,61+,63+,65+,71+,72-,73-,74-,75-/m1/s1. The molecule has 3 N–H and O–H groups in total.